The average molecular weight is 308 g/mol. The Balaban J connectivity index is 1.89. The lowest BCUT2D eigenvalue weighted by atomic mass is 10.1. The molecule has 3 aromatic heterocycles. The molecule has 0 saturated heterocycles. The maximum Gasteiger partial charge on any atom is 0.135 e. The second-order valence-electron chi connectivity index (χ2n) is 5.43. The first kappa shape index (κ1) is 13.7. The van der Waals surface area contributed by atoms with Crippen LogP contribution in [0, 0.1) is 0 Å². The molecule has 116 valence electrons. The number of aromatic amines is 1. The summed E-state index contributed by atoms with van der Waals surface area (Å²) < 4.78 is 1.81. The van der Waals surface area contributed by atoms with E-state index in [0.29, 0.717) is 18.8 Å². The van der Waals surface area contributed by atoms with E-state index in [4.69, 9.17) is 10.8 Å². The van der Waals surface area contributed by atoms with E-state index in [1.807, 2.05) is 30.5 Å². The number of aliphatic hydroxyl groups is 1. The molecule has 7 heteroatoms. The van der Waals surface area contributed by atoms with Gasteiger partial charge in [-0.3, -0.25) is 9.78 Å². The van der Waals surface area contributed by atoms with E-state index in [0.717, 1.165) is 33.1 Å². The lowest BCUT2D eigenvalue weighted by Crippen LogP contribution is -1.99. The average Bonchev–Trinajstić information content (AvgIpc) is 3.22. The first-order valence-electron chi connectivity index (χ1n) is 7.43. The highest BCUT2D eigenvalue weighted by Crippen LogP contribution is 2.29. The van der Waals surface area contributed by atoms with Gasteiger partial charge in [-0.1, -0.05) is 6.07 Å². The Morgan fingerprint density at radius 1 is 1.22 bits per heavy atom. The summed E-state index contributed by atoms with van der Waals surface area (Å²) in [4.78, 5) is 4.51. The number of nitrogens with one attached hydrogen (secondary N) is 1. The van der Waals surface area contributed by atoms with E-state index in [9.17, 15) is 0 Å². The number of pyridine rings is 1. The van der Waals surface area contributed by atoms with Crippen LogP contribution in [0.2, 0.25) is 0 Å². The quantitative estimate of drug-likeness (QED) is 0.534. The molecule has 0 aliphatic rings. The van der Waals surface area contributed by atoms with Gasteiger partial charge < -0.3 is 10.8 Å². The predicted octanol–water partition coefficient (Wildman–Crippen LogP) is 1.94. The number of rotatable bonds is 4. The van der Waals surface area contributed by atoms with Gasteiger partial charge in [-0.25, -0.2) is 4.98 Å². The molecule has 3 heterocycles. The number of aliphatic hydroxyl groups excluding tert-OH is 1. The molecule has 0 fully saturated rings. The summed E-state index contributed by atoms with van der Waals surface area (Å²) in [5, 5.41) is 22.3. The van der Waals surface area contributed by atoms with Gasteiger partial charge in [0.25, 0.3) is 0 Å². The lowest BCUT2D eigenvalue weighted by molar-refractivity contribution is 0.277. The summed E-state index contributed by atoms with van der Waals surface area (Å²) in [7, 11) is 0. The molecule has 0 atom stereocenters. The lowest BCUT2D eigenvalue weighted by Gasteiger charge is -2.03. The van der Waals surface area contributed by atoms with E-state index in [-0.39, 0.29) is 6.61 Å². The van der Waals surface area contributed by atoms with Crippen molar-refractivity contribution in [1.29, 1.82) is 0 Å². The van der Waals surface area contributed by atoms with Gasteiger partial charge >= 0.3 is 0 Å². The Morgan fingerprint density at radius 2 is 2.13 bits per heavy atom. The van der Waals surface area contributed by atoms with Crippen LogP contribution in [0.3, 0.4) is 0 Å². The zero-order valence-corrected chi connectivity index (χ0v) is 12.4. The Morgan fingerprint density at radius 3 is 2.91 bits per heavy atom. The second kappa shape index (κ2) is 5.36. The number of nitrogens with zero attached hydrogens (tertiary/aromatic N) is 4. The number of hydrogen-bond donors (Lipinski definition) is 3. The maximum absolute atomic E-state index is 8.96. The Hall–Kier alpha value is -2.93. The van der Waals surface area contributed by atoms with Gasteiger partial charge in [0.2, 0.25) is 0 Å². The standard InChI is InChI=1S/C16H16N6O/c17-16-12-9-22(6-1-7-23)21-15(12)11-3-2-10(8-14(11)19-16)13-4-5-18-20-13/h2-5,8-9,23H,1,6-7H2,(H2,17,19)(H,18,20). The molecule has 4 rings (SSSR count). The summed E-state index contributed by atoms with van der Waals surface area (Å²) in [6.45, 7) is 0.788. The zero-order chi connectivity index (χ0) is 15.8. The highest BCUT2D eigenvalue weighted by atomic mass is 16.3. The fourth-order valence-electron chi connectivity index (χ4n) is 2.75. The fraction of sp³-hybridized carbons (Fsp3) is 0.188. The van der Waals surface area contributed by atoms with Gasteiger partial charge in [0.15, 0.2) is 0 Å². The third-order valence-corrected chi connectivity index (χ3v) is 3.89. The first-order valence-corrected chi connectivity index (χ1v) is 7.43. The van der Waals surface area contributed by atoms with Crippen molar-refractivity contribution >= 4 is 27.6 Å². The molecule has 0 unspecified atom stereocenters. The molecule has 4 aromatic rings. The van der Waals surface area contributed by atoms with E-state index < -0.39 is 0 Å². The topological polar surface area (TPSA) is 106 Å². The third-order valence-electron chi connectivity index (χ3n) is 3.89. The molecule has 0 bridgehead atoms. The molecular weight excluding hydrogens is 292 g/mol. The molecule has 1 aromatic carbocycles. The molecule has 7 nitrogen and oxygen atoms in total. The van der Waals surface area contributed by atoms with Crippen LogP contribution in [0.15, 0.2) is 36.7 Å². The normalized spacial score (nSPS) is 11.5. The number of aromatic nitrogens is 5. The van der Waals surface area contributed by atoms with Crippen molar-refractivity contribution in [2.75, 3.05) is 12.3 Å². The fourth-order valence-corrected chi connectivity index (χ4v) is 2.75. The number of nitrogens with two attached hydrogens (primary N) is 1. The van der Waals surface area contributed by atoms with Gasteiger partial charge in [-0.15, -0.1) is 0 Å². The molecule has 0 aliphatic heterocycles. The minimum atomic E-state index is 0.137. The number of H-pyrrole nitrogens is 1. The molecule has 23 heavy (non-hydrogen) atoms. The van der Waals surface area contributed by atoms with Gasteiger partial charge in [0.05, 0.1) is 16.6 Å². The number of hydrogen-bond acceptors (Lipinski definition) is 5. The van der Waals surface area contributed by atoms with Crippen molar-refractivity contribution in [2.45, 2.75) is 13.0 Å². The summed E-state index contributed by atoms with van der Waals surface area (Å²) in [5.41, 5.74) is 9.67. The number of fused-ring (bicyclic) bond motifs is 3. The van der Waals surface area contributed by atoms with E-state index >= 15 is 0 Å². The van der Waals surface area contributed by atoms with E-state index in [1.54, 1.807) is 10.9 Å². The Labute approximate surface area is 131 Å². The largest absolute Gasteiger partial charge is 0.396 e. The Kier molecular flexibility index (Phi) is 3.20. The monoisotopic (exact) mass is 308 g/mol. The molecular formula is C16H16N6O. The van der Waals surface area contributed by atoms with Gasteiger partial charge in [0.1, 0.15) is 11.3 Å². The van der Waals surface area contributed by atoms with Crippen LogP contribution in [0.5, 0.6) is 0 Å². The van der Waals surface area contributed by atoms with Gasteiger partial charge in [-0.05, 0) is 24.6 Å². The molecule has 4 N–H and O–H groups in total. The predicted molar refractivity (Wildman–Crippen MR) is 88.7 cm³/mol. The Bertz CT molecular complexity index is 973. The SMILES string of the molecule is Nc1nc2cc(-c3ccn[nH]3)ccc2c2nn(CCCO)cc12. The third kappa shape index (κ3) is 2.31. The van der Waals surface area contributed by atoms with Gasteiger partial charge in [-0.2, -0.15) is 10.2 Å². The number of anilines is 1. The summed E-state index contributed by atoms with van der Waals surface area (Å²) >= 11 is 0. The highest BCUT2D eigenvalue weighted by molar-refractivity contribution is 6.08. The molecule has 0 aliphatic carbocycles. The van der Waals surface area contributed by atoms with E-state index in [1.165, 1.54) is 0 Å². The summed E-state index contributed by atoms with van der Waals surface area (Å²) in [5.74, 6) is 0.463. The van der Waals surface area contributed by atoms with Crippen LogP contribution in [-0.4, -0.2) is 36.7 Å². The highest BCUT2D eigenvalue weighted by Gasteiger charge is 2.12. The molecule has 0 spiro atoms. The van der Waals surface area contributed by atoms with E-state index in [2.05, 4.69) is 20.3 Å². The summed E-state index contributed by atoms with van der Waals surface area (Å²) in [6.07, 6.45) is 4.26. The van der Waals surface area contributed by atoms with Crippen LogP contribution < -0.4 is 5.73 Å². The van der Waals surface area contributed by atoms with Crippen LogP contribution in [0.4, 0.5) is 5.82 Å². The van der Waals surface area contributed by atoms with Gasteiger partial charge in [0, 0.05) is 36.5 Å². The number of nitrogen functional groups attached to an aromatic ring is 1. The second-order valence-corrected chi connectivity index (χ2v) is 5.43. The maximum atomic E-state index is 8.96. The first-order chi connectivity index (χ1) is 11.3. The van der Waals surface area contributed by atoms with Crippen LogP contribution in [0.1, 0.15) is 6.42 Å². The van der Waals surface area contributed by atoms with Crippen LogP contribution in [-0.2, 0) is 6.54 Å². The number of aryl methyl sites for hydroxylation is 1. The van der Waals surface area contributed by atoms with Crippen molar-refractivity contribution < 1.29 is 5.11 Å². The summed E-state index contributed by atoms with van der Waals surface area (Å²) in [6, 6.07) is 7.90. The minimum absolute atomic E-state index is 0.137. The van der Waals surface area contributed by atoms with Crippen molar-refractivity contribution in [2.24, 2.45) is 0 Å². The van der Waals surface area contributed by atoms with Crippen LogP contribution >= 0.6 is 0 Å². The van der Waals surface area contributed by atoms with Crippen molar-refractivity contribution in [3.05, 3.63) is 36.7 Å². The zero-order valence-electron chi connectivity index (χ0n) is 12.4. The molecule has 0 saturated carbocycles. The molecule has 0 amide bonds. The van der Waals surface area contributed by atoms with Crippen molar-refractivity contribution in [3.8, 4) is 11.3 Å². The van der Waals surface area contributed by atoms with Crippen molar-refractivity contribution in [3.63, 3.8) is 0 Å². The van der Waals surface area contributed by atoms with Crippen LogP contribution in [0.25, 0.3) is 33.1 Å². The minimum Gasteiger partial charge on any atom is -0.396 e. The number of benzene rings is 1. The van der Waals surface area contributed by atoms with Crippen molar-refractivity contribution in [1.82, 2.24) is 25.0 Å². The smallest absolute Gasteiger partial charge is 0.135 e. The molecule has 0 radical (unpaired) electrons.